The molecule has 0 aliphatic rings. The molecule has 0 aromatic heterocycles. The van der Waals surface area contributed by atoms with Gasteiger partial charge < -0.3 is 10.2 Å². The highest BCUT2D eigenvalue weighted by Crippen LogP contribution is 2.17. The summed E-state index contributed by atoms with van der Waals surface area (Å²) in [5.41, 5.74) is 0. The van der Waals surface area contributed by atoms with E-state index in [9.17, 15) is 9.90 Å². The highest BCUT2D eigenvalue weighted by atomic mass is 32.2. The van der Waals surface area contributed by atoms with E-state index in [1.807, 2.05) is 13.8 Å². The number of thioether (sulfide) groups is 1. The van der Waals surface area contributed by atoms with Gasteiger partial charge in [0.25, 0.3) is 0 Å². The van der Waals surface area contributed by atoms with E-state index < -0.39 is 17.3 Å². The van der Waals surface area contributed by atoms with E-state index in [1.54, 1.807) is 6.26 Å². The molecule has 0 saturated carbocycles. The largest absolute Gasteiger partial charge is 0.480 e. The Hall–Kier alpha value is -0.220. The number of carbonyl (C=O) groups is 1. The minimum Gasteiger partial charge on any atom is -0.480 e. The lowest BCUT2D eigenvalue weighted by Gasteiger charge is -2.18. The van der Waals surface area contributed by atoms with Crippen LogP contribution >= 0.6 is 11.8 Å². The van der Waals surface area contributed by atoms with Crippen molar-refractivity contribution in [3.63, 3.8) is 0 Å². The molecule has 0 aliphatic carbocycles. The van der Waals surface area contributed by atoms with Crippen molar-refractivity contribution in [3.05, 3.63) is 0 Å². The third-order valence-corrected chi connectivity index (χ3v) is 2.58. The number of hydrogen-bond donors (Lipinski definition) is 2. The number of hydrogen-bond acceptors (Lipinski definition) is 3. The van der Waals surface area contributed by atoms with E-state index in [4.69, 9.17) is 5.11 Å². The Bertz CT molecular complexity index is 147. The fourth-order valence-corrected chi connectivity index (χ4v) is 1.66. The smallest absolute Gasteiger partial charge is 0.319 e. The van der Waals surface area contributed by atoms with Crippen molar-refractivity contribution < 1.29 is 15.0 Å². The monoisotopic (exact) mass is 192 g/mol. The molecule has 0 bridgehead atoms. The summed E-state index contributed by atoms with van der Waals surface area (Å²) in [6.45, 7) is 3.92. The molecule has 0 fully saturated rings. The second-order valence-corrected chi connectivity index (χ2v) is 4.17. The lowest BCUT2D eigenvalue weighted by atomic mass is 10.0. The van der Waals surface area contributed by atoms with Crippen LogP contribution < -0.4 is 0 Å². The summed E-state index contributed by atoms with van der Waals surface area (Å²) >= 11 is 1.18. The van der Waals surface area contributed by atoms with Gasteiger partial charge in [0.1, 0.15) is 5.25 Å². The average Bonchev–Trinajstić information content (AvgIpc) is 1.85. The maximum Gasteiger partial charge on any atom is 0.319 e. The molecule has 0 aromatic carbocycles. The van der Waals surface area contributed by atoms with Gasteiger partial charge in [-0.1, -0.05) is 13.8 Å². The molecular formula is C8H16O3S. The van der Waals surface area contributed by atoms with E-state index in [2.05, 4.69) is 0 Å². The fourth-order valence-electron chi connectivity index (χ4n) is 1.03. The highest BCUT2D eigenvalue weighted by Gasteiger charge is 2.25. The zero-order chi connectivity index (χ0) is 9.72. The SMILES string of the molecule is CS[C@@H](C(=O)O)[C@H](O)CC(C)C. The topological polar surface area (TPSA) is 57.5 Å². The summed E-state index contributed by atoms with van der Waals surface area (Å²) in [5.74, 6) is -0.607. The Balaban J connectivity index is 4.02. The first kappa shape index (κ1) is 11.8. The van der Waals surface area contributed by atoms with Gasteiger partial charge in [0, 0.05) is 0 Å². The summed E-state index contributed by atoms with van der Waals surface area (Å²) < 4.78 is 0. The van der Waals surface area contributed by atoms with Gasteiger partial charge in [-0.05, 0) is 18.6 Å². The molecule has 0 heterocycles. The van der Waals surface area contributed by atoms with Crippen molar-refractivity contribution in [2.24, 2.45) is 5.92 Å². The molecule has 4 heteroatoms. The Labute approximate surface area is 77.2 Å². The first-order chi connectivity index (χ1) is 5.49. The number of carboxylic acids is 1. The van der Waals surface area contributed by atoms with Crippen molar-refractivity contribution in [1.82, 2.24) is 0 Å². The lowest BCUT2D eigenvalue weighted by Crippen LogP contribution is -2.31. The average molecular weight is 192 g/mol. The van der Waals surface area contributed by atoms with Crippen LogP contribution in [0.3, 0.4) is 0 Å². The zero-order valence-electron chi connectivity index (χ0n) is 7.65. The van der Waals surface area contributed by atoms with Gasteiger partial charge in [-0.25, -0.2) is 0 Å². The van der Waals surface area contributed by atoms with Gasteiger partial charge in [0.2, 0.25) is 0 Å². The summed E-state index contributed by atoms with van der Waals surface area (Å²) in [6.07, 6.45) is 1.50. The molecule has 0 radical (unpaired) electrons. The molecule has 0 saturated heterocycles. The molecule has 0 aliphatic heterocycles. The summed E-state index contributed by atoms with van der Waals surface area (Å²) in [7, 11) is 0. The Morgan fingerprint density at radius 2 is 2.00 bits per heavy atom. The Kier molecular flexibility index (Phi) is 5.33. The Morgan fingerprint density at radius 3 is 2.25 bits per heavy atom. The third kappa shape index (κ3) is 3.97. The van der Waals surface area contributed by atoms with E-state index in [0.717, 1.165) is 0 Å². The minimum atomic E-state index is -0.935. The van der Waals surface area contributed by atoms with Crippen LogP contribution in [0.1, 0.15) is 20.3 Å². The molecule has 0 spiro atoms. The predicted molar refractivity (Wildman–Crippen MR) is 50.4 cm³/mol. The standard InChI is InChI=1S/C8H16O3S/c1-5(2)4-6(9)7(12-3)8(10)11/h5-7,9H,4H2,1-3H3,(H,10,11)/t6-,7-/m1/s1. The highest BCUT2D eigenvalue weighted by molar-refractivity contribution is 7.99. The molecule has 3 nitrogen and oxygen atoms in total. The van der Waals surface area contributed by atoms with Crippen molar-refractivity contribution in [1.29, 1.82) is 0 Å². The number of aliphatic hydroxyl groups is 1. The lowest BCUT2D eigenvalue weighted by molar-refractivity contribution is -0.138. The van der Waals surface area contributed by atoms with Crippen molar-refractivity contribution in [2.45, 2.75) is 31.6 Å². The van der Waals surface area contributed by atoms with Gasteiger partial charge in [-0.3, -0.25) is 4.79 Å². The second-order valence-electron chi connectivity index (χ2n) is 3.19. The van der Waals surface area contributed by atoms with Gasteiger partial charge >= 0.3 is 5.97 Å². The predicted octanol–water partition coefficient (Wildman–Crippen LogP) is 1.21. The van der Waals surface area contributed by atoms with E-state index in [0.29, 0.717) is 12.3 Å². The summed E-state index contributed by atoms with van der Waals surface area (Å²) in [6, 6.07) is 0. The molecule has 2 N–H and O–H groups in total. The molecule has 12 heavy (non-hydrogen) atoms. The number of carboxylic acid groups (broad SMARTS) is 1. The van der Waals surface area contributed by atoms with Crippen LogP contribution in [0.25, 0.3) is 0 Å². The molecule has 0 aromatic rings. The first-order valence-electron chi connectivity index (χ1n) is 3.92. The molecule has 0 unspecified atom stereocenters. The normalized spacial score (nSPS) is 16.1. The molecule has 0 amide bonds. The first-order valence-corrected chi connectivity index (χ1v) is 5.21. The van der Waals surface area contributed by atoms with Crippen LogP contribution in [0.2, 0.25) is 0 Å². The van der Waals surface area contributed by atoms with Gasteiger partial charge in [0.05, 0.1) is 6.10 Å². The molecule has 2 atom stereocenters. The number of aliphatic carboxylic acids is 1. The Morgan fingerprint density at radius 1 is 1.50 bits per heavy atom. The summed E-state index contributed by atoms with van der Waals surface area (Å²) in [4.78, 5) is 10.6. The van der Waals surface area contributed by atoms with Crippen molar-refractivity contribution in [2.75, 3.05) is 6.26 Å². The van der Waals surface area contributed by atoms with Crippen LogP contribution in [0.15, 0.2) is 0 Å². The van der Waals surface area contributed by atoms with Crippen LogP contribution in [-0.2, 0) is 4.79 Å². The van der Waals surface area contributed by atoms with E-state index >= 15 is 0 Å². The molecule has 0 rings (SSSR count). The van der Waals surface area contributed by atoms with E-state index in [-0.39, 0.29) is 0 Å². The van der Waals surface area contributed by atoms with Crippen molar-refractivity contribution in [3.8, 4) is 0 Å². The van der Waals surface area contributed by atoms with Crippen LogP contribution in [-0.4, -0.2) is 33.8 Å². The zero-order valence-corrected chi connectivity index (χ0v) is 8.47. The van der Waals surface area contributed by atoms with Gasteiger partial charge in [-0.15, -0.1) is 11.8 Å². The number of aliphatic hydroxyl groups excluding tert-OH is 1. The maximum absolute atomic E-state index is 10.6. The number of rotatable bonds is 5. The molecular weight excluding hydrogens is 176 g/mol. The van der Waals surface area contributed by atoms with Crippen LogP contribution in [0.5, 0.6) is 0 Å². The van der Waals surface area contributed by atoms with Gasteiger partial charge in [0.15, 0.2) is 0 Å². The second kappa shape index (κ2) is 5.43. The maximum atomic E-state index is 10.6. The van der Waals surface area contributed by atoms with Crippen LogP contribution in [0, 0.1) is 5.92 Å². The van der Waals surface area contributed by atoms with Crippen LogP contribution in [0.4, 0.5) is 0 Å². The van der Waals surface area contributed by atoms with Gasteiger partial charge in [-0.2, -0.15) is 0 Å². The summed E-state index contributed by atoms with van der Waals surface area (Å²) in [5, 5.41) is 17.4. The van der Waals surface area contributed by atoms with Crippen molar-refractivity contribution >= 4 is 17.7 Å². The quantitative estimate of drug-likeness (QED) is 0.687. The minimum absolute atomic E-state index is 0.328. The fraction of sp³-hybridized carbons (Fsp3) is 0.875. The molecule has 72 valence electrons. The van der Waals surface area contributed by atoms with E-state index in [1.165, 1.54) is 11.8 Å². The third-order valence-electron chi connectivity index (χ3n) is 1.56.